The van der Waals surface area contributed by atoms with Crippen LogP contribution < -0.4 is 5.73 Å². The number of aryl methyl sites for hydroxylation is 1. The van der Waals surface area contributed by atoms with Gasteiger partial charge in [0.1, 0.15) is 17.3 Å². The zero-order chi connectivity index (χ0) is 16.4. The second-order valence-corrected chi connectivity index (χ2v) is 5.52. The number of carbonyl (C=O) groups is 2. The van der Waals surface area contributed by atoms with Crippen molar-refractivity contribution in [2.24, 2.45) is 5.73 Å². The fraction of sp³-hybridized carbons (Fsp3) is 0.312. The van der Waals surface area contributed by atoms with Crippen LogP contribution in [-0.2, 0) is 24.3 Å². The van der Waals surface area contributed by atoms with Gasteiger partial charge in [-0.25, -0.2) is 4.98 Å². The van der Waals surface area contributed by atoms with E-state index in [0.29, 0.717) is 44.0 Å². The number of hydrogen-bond donors (Lipinski definition) is 2. The lowest BCUT2D eigenvalue weighted by molar-refractivity contribution is -0.132. The molecule has 3 rings (SSSR count). The average Bonchev–Trinajstić information content (AvgIpc) is 2.97. The standard InChI is InChI=1S/C16H18N4O3/c17-16(23)12-9-18-14-10-19(7-8-20(12)14)15(22)6-5-11-3-1-2-4-13(11)21/h1-4,9,21H,5-8,10H2,(H2,17,23). The molecular weight excluding hydrogens is 296 g/mol. The average molecular weight is 314 g/mol. The van der Waals surface area contributed by atoms with Crippen LogP contribution in [0.25, 0.3) is 0 Å². The van der Waals surface area contributed by atoms with E-state index in [-0.39, 0.29) is 11.7 Å². The normalized spacial score (nSPS) is 13.7. The fourth-order valence-corrected chi connectivity index (χ4v) is 2.79. The highest BCUT2D eigenvalue weighted by atomic mass is 16.3. The molecule has 23 heavy (non-hydrogen) atoms. The summed E-state index contributed by atoms with van der Waals surface area (Å²) >= 11 is 0. The molecule has 7 heteroatoms. The van der Waals surface area contributed by atoms with Crippen molar-refractivity contribution in [3.05, 3.63) is 47.5 Å². The van der Waals surface area contributed by atoms with E-state index in [1.807, 2.05) is 12.1 Å². The van der Waals surface area contributed by atoms with Gasteiger partial charge in [-0.1, -0.05) is 18.2 Å². The number of phenolic OH excluding ortho intramolecular Hbond substituents is 1. The van der Waals surface area contributed by atoms with Crippen molar-refractivity contribution in [3.8, 4) is 5.75 Å². The number of amides is 2. The predicted octanol–water partition coefficient (Wildman–Crippen LogP) is 0.663. The van der Waals surface area contributed by atoms with Crippen LogP contribution in [0.2, 0.25) is 0 Å². The highest BCUT2D eigenvalue weighted by molar-refractivity contribution is 5.91. The van der Waals surface area contributed by atoms with E-state index in [9.17, 15) is 14.7 Å². The van der Waals surface area contributed by atoms with Crippen molar-refractivity contribution >= 4 is 11.8 Å². The van der Waals surface area contributed by atoms with Gasteiger partial charge in [0.2, 0.25) is 5.91 Å². The molecule has 1 aliphatic rings. The Morgan fingerprint density at radius 1 is 1.26 bits per heavy atom. The van der Waals surface area contributed by atoms with Gasteiger partial charge >= 0.3 is 0 Å². The molecular formula is C16H18N4O3. The third-order valence-corrected chi connectivity index (χ3v) is 4.07. The summed E-state index contributed by atoms with van der Waals surface area (Å²) in [6.45, 7) is 1.39. The molecule has 120 valence electrons. The maximum atomic E-state index is 12.3. The van der Waals surface area contributed by atoms with E-state index in [2.05, 4.69) is 4.98 Å². The number of nitrogens with zero attached hydrogens (tertiary/aromatic N) is 3. The third-order valence-electron chi connectivity index (χ3n) is 4.07. The Bertz CT molecular complexity index is 754. The summed E-state index contributed by atoms with van der Waals surface area (Å²) in [5, 5.41) is 9.74. The second-order valence-electron chi connectivity index (χ2n) is 5.52. The minimum absolute atomic E-state index is 0.00290. The van der Waals surface area contributed by atoms with Crippen molar-refractivity contribution in [3.63, 3.8) is 0 Å². The largest absolute Gasteiger partial charge is 0.508 e. The number of hydrogen-bond acceptors (Lipinski definition) is 4. The summed E-state index contributed by atoms with van der Waals surface area (Å²) in [5.74, 6) is 0.368. The monoisotopic (exact) mass is 314 g/mol. The van der Waals surface area contributed by atoms with Gasteiger partial charge in [-0.15, -0.1) is 0 Å². The molecule has 0 spiro atoms. The third kappa shape index (κ3) is 3.03. The minimum atomic E-state index is -0.511. The summed E-state index contributed by atoms with van der Waals surface area (Å²) in [5.41, 5.74) is 6.43. The fourth-order valence-electron chi connectivity index (χ4n) is 2.79. The number of phenols is 1. The number of nitrogens with two attached hydrogens (primary N) is 1. The van der Waals surface area contributed by atoms with Crippen LogP contribution in [0.3, 0.4) is 0 Å². The molecule has 1 aromatic carbocycles. The van der Waals surface area contributed by atoms with Gasteiger partial charge in [0.05, 0.1) is 12.7 Å². The first-order valence-corrected chi connectivity index (χ1v) is 7.45. The Balaban J connectivity index is 1.63. The Morgan fingerprint density at radius 3 is 2.78 bits per heavy atom. The smallest absolute Gasteiger partial charge is 0.266 e. The van der Waals surface area contributed by atoms with Crippen molar-refractivity contribution < 1.29 is 14.7 Å². The lowest BCUT2D eigenvalue weighted by atomic mass is 10.1. The van der Waals surface area contributed by atoms with Gasteiger partial charge in [0.25, 0.3) is 5.91 Å². The number of benzene rings is 1. The first-order valence-electron chi connectivity index (χ1n) is 7.45. The number of fused-ring (bicyclic) bond motifs is 1. The summed E-state index contributed by atoms with van der Waals surface area (Å²) < 4.78 is 1.76. The zero-order valence-electron chi connectivity index (χ0n) is 12.6. The molecule has 1 aliphatic heterocycles. The van der Waals surface area contributed by atoms with Crippen LogP contribution in [0.5, 0.6) is 5.75 Å². The molecule has 0 radical (unpaired) electrons. The number of rotatable bonds is 4. The lowest BCUT2D eigenvalue weighted by Gasteiger charge is -2.28. The number of para-hydroxylation sites is 1. The molecule has 0 fully saturated rings. The summed E-state index contributed by atoms with van der Waals surface area (Å²) in [6, 6.07) is 7.01. The van der Waals surface area contributed by atoms with Crippen LogP contribution in [-0.4, -0.2) is 37.9 Å². The number of carbonyl (C=O) groups excluding carboxylic acids is 2. The van der Waals surface area contributed by atoms with E-state index >= 15 is 0 Å². The zero-order valence-corrected chi connectivity index (χ0v) is 12.6. The molecule has 0 aliphatic carbocycles. The molecule has 3 N–H and O–H groups in total. The lowest BCUT2D eigenvalue weighted by Crippen LogP contribution is -2.39. The van der Waals surface area contributed by atoms with Gasteiger partial charge in [-0.2, -0.15) is 0 Å². The Morgan fingerprint density at radius 2 is 2.04 bits per heavy atom. The number of primary amides is 1. The van der Waals surface area contributed by atoms with Crippen LogP contribution in [0.4, 0.5) is 0 Å². The first-order chi connectivity index (χ1) is 11.1. The molecule has 2 amide bonds. The van der Waals surface area contributed by atoms with Gasteiger partial charge in [-0.05, 0) is 18.1 Å². The van der Waals surface area contributed by atoms with E-state index < -0.39 is 5.91 Å². The number of imidazole rings is 1. The van der Waals surface area contributed by atoms with Gasteiger partial charge < -0.3 is 20.3 Å². The number of aromatic hydroxyl groups is 1. The van der Waals surface area contributed by atoms with E-state index in [1.165, 1.54) is 6.20 Å². The molecule has 2 aromatic rings. The van der Waals surface area contributed by atoms with Crippen molar-refractivity contribution in [2.75, 3.05) is 6.54 Å². The molecule has 0 saturated heterocycles. The van der Waals surface area contributed by atoms with Crippen molar-refractivity contribution in [2.45, 2.75) is 25.9 Å². The van der Waals surface area contributed by atoms with Crippen LogP contribution in [0.15, 0.2) is 30.5 Å². The molecule has 2 heterocycles. The number of aromatic nitrogens is 2. The highest BCUT2D eigenvalue weighted by Gasteiger charge is 2.24. The first kappa shape index (κ1) is 15.1. The molecule has 0 unspecified atom stereocenters. The Kier molecular flexibility index (Phi) is 4.01. The minimum Gasteiger partial charge on any atom is -0.508 e. The van der Waals surface area contributed by atoms with Crippen LogP contribution in [0.1, 0.15) is 28.3 Å². The predicted molar refractivity (Wildman–Crippen MR) is 82.6 cm³/mol. The molecule has 7 nitrogen and oxygen atoms in total. The van der Waals surface area contributed by atoms with Gasteiger partial charge in [-0.3, -0.25) is 9.59 Å². The SMILES string of the molecule is NC(=O)c1cnc2n1CCN(C(=O)CCc1ccccc1O)C2. The van der Waals surface area contributed by atoms with Crippen LogP contribution >= 0.6 is 0 Å². The van der Waals surface area contributed by atoms with E-state index in [1.54, 1.807) is 21.6 Å². The van der Waals surface area contributed by atoms with Crippen molar-refractivity contribution in [1.82, 2.24) is 14.5 Å². The van der Waals surface area contributed by atoms with E-state index in [0.717, 1.165) is 5.56 Å². The highest BCUT2D eigenvalue weighted by Crippen LogP contribution is 2.19. The maximum Gasteiger partial charge on any atom is 0.266 e. The van der Waals surface area contributed by atoms with Gasteiger partial charge in [0.15, 0.2) is 0 Å². The summed E-state index contributed by atoms with van der Waals surface area (Å²) in [4.78, 5) is 29.5. The maximum absolute atomic E-state index is 12.3. The Labute approximate surface area is 133 Å². The topological polar surface area (TPSA) is 101 Å². The van der Waals surface area contributed by atoms with E-state index in [4.69, 9.17) is 5.73 Å². The molecule has 0 atom stereocenters. The van der Waals surface area contributed by atoms with Crippen molar-refractivity contribution in [1.29, 1.82) is 0 Å². The summed E-state index contributed by atoms with van der Waals surface area (Å²) in [7, 11) is 0. The van der Waals surface area contributed by atoms with Crippen LogP contribution in [0, 0.1) is 0 Å². The summed E-state index contributed by atoms with van der Waals surface area (Å²) in [6.07, 6.45) is 2.26. The quantitative estimate of drug-likeness (QED) is 0.865. The molecule has 0 bridgehead atoms. The molecule has 1 aromatic heterocycles. The van der Waals surface area contributed by atoms with Gasteiger partial charge in [0, 0.05) is 19.5 Å². The second kappa shape index (κ2) is 6.12. The molecule has 0 saturated carbocycles. The Hall–Kier alpha value is -2.83.